The van der Waals surface area contributed by atoms with Crippen LogP contribution in [0.4, 0.5) is 0 Å². The first-order valence-electron chi connectivity index (χ1n) is 9.97. The Bertz CT molecular complexity index is 1240. The van der Waals surface area contributed by atoms with Crippen LogP contribution in [0.25, 0.3) is 33.1 Å². The van der Waals surface area contributed by atoms with Crippen LogP contribution in [0, 0.1) is 0 Å². The minimum absolute atomic E-state index is 0.258. The molecule has 1 atom stereocenters. The van der Waals surface area contributed by atoms with E-state index in [0.29, 0.717) is 12.1 Å². The molecular weight excluding hydrogens is 410 g/mol. The second kappa shape index (κ2) is 9.22. The number of aromatic nitrogens is 2. The molecule has 0 spiro atoms. The lowest BCUT2D eigenvalue weighted by molar-refractivity contribution is -0.142. The summed E-state index contributed by atoms with van der Waals surface area (Å²) in [5.74, 6) is -0.135. The fourth-order valence-electron chi connectivity index (χ4n) is 3.63. The number of hydrogen-bond acceptors (Lipinski definition) is 5. The van der Waals surface area contributed by atoms with Gasteiger partial charge in [-0.1, -0.05) is 48.5 Å². The molecule has 7 heteroatoms. The van der Waals surface area contributed by atoms with Crippen molar-refractivity contribution in [2.45, 2.75) is 12.5 Å². The number of thioether (sulfide) groups is 1. The van der Waals surface area contributed by atoms with Gasteiger partial charge in [-0.25, -0.2) is 9.78 Å². The number of H-pyrrole nitrogens is 1. The molecule has 2 N–H and O–H groups in total. The molecule has 2 aromatic carbocycles. The van der Waals surface area contributed by atoms with Crippen molar-refractivity contribution in [1.29, 1.82) is 0 Å². The highest BCUT2D eigenvalue weighted by Gasteiger charge is 2.24. The molecule has 0 aliphatic heterocycles. The van der Waals surface area contributed by atoms with Gasteiger partial charge in [0.1, 0.15) is 11.7 Å². The summed E-state index contributed by atoms with van der Waals surface area (Å²) in [6.07, 6.45) is 2.44. The second-order valence-electron chi connectivity index (χ2n) is 7.15. The molecule has 4 aromatic rings. The van der Waals surface area contributed by atoms with Gasteiger partial charge < -0.3 is 15.0 Å². The number of methoxy groups -OCH3 is 1. The summed E-state index contributed by atoms with van der Waals surface area (Å²) in [5.41, 5.74) is 3.70. The molecule has 0 radical (unpaired) electrons. The third-order valence-electron chi connectivity index (χ3n) is 5.18. The van der Waals surface area contributed by atoms with Gasteiger partial charge in [-0.2, -0.15) is 11.8 Å². The quantitative estimate of drug-likeness (QED) is 0.422. The zero-order valence-electron chi connectivity index (χ0n) is 17.3. The number of aromatic amines is 1. The number of rotatable bonds is 7. The van der Waals surface area contributed by atoms with Gasteiger partial charge in [0.05, 0.1) is 18.3 Å². The zero-order valence-corrected chi connectivity index (χ0v) is 18.2. The zero-order chi connectivity index (χ0) is 21.8. The molecular formula is C24H23N3O3S. The predicted octanol–water partition coefficient (Wildman–Crippen LogP) is 4.41. The normalized spacial score (nSPS) is 12.1. The van der Waals surface area contributed by atoms with E-state index < -0.39 is 17.9 Å². The number of para-hydroxylation sites is 1. The number of esters is 1. The van der Waals surface area contributed by atoms with Crippen LogP contribution in [0.3, 0.4) is 0 Å². The third-order valence-corrected chi connectivity index (χ3v) is 5.82. The average Bonchev–Trinajstić information content (AvgIpc) is 3.19. The van der Waals surface area contributed by atoms with E-state index in [0.717, 1.165) is 33.1 Å². The molecule has 0 unspecified atom stereocenters. The summed E-state index contributed by atoms with van der Waals surface area (Å²) >= 11 is 1.61. The van der Waals surface area contributed by atoms with E-state index in [1.807, 2.05) is 60.9 Å². The number of benzene rings is 2. The van der Waals surface area contributed by atoms with Gasteiger partial charge >= 0.3 is 5.97 Å². The molecule has 0 aliphatic rings. The van der Waals surface area contributed by atoms with Crippen LogP contribution in [0.2, 0.25) is 0 Å². The van der Waals surface area contributed by atoms with Crippen molar-refractivity contribution in [2.75, 3.05) is 19.1 Å². The molecule has 31 heavy (non-hydrogen) atoms. The largest absolute Gasteiger partial charge is 0.467 e. The van der Waals surface area contributed by atoms with E-state index in [-0.39, 0.29) is 5.69 Å². The van der Waals surface area contributed by atoms with Gasteiger partial charge in [0.25, 0.3) is 5.91 Å². The molecule has 0 saturated carbocycles. The van der Waals surface area contributed by atoms with Crippen LogP contribution in [0.5, 0.6) is 0 Å². The second-order valence-corrected chi connectivity index (χ2v) is 8.13. The molecule has 0 bridgehead atoms. The average molecular weight is 434 g/mol. The van der Waals surface area contributed by atoms with E-state index in [4.69, 9.17) is 4.74 Å². The Balaban J connectivity index is 1.81. The lowest BCUT2D eigenvalue weighted by atomic mass is 10.1. The van der Waals surface area contributed by atoms with Crippen LogP contribution >= 0.6 is 11.8 Å². The highest BCUT2D eigenvalue weighted by atomic mass is 32.2. The summed E-state index contributed by atoms with van der Waals surface area (Å²) in [6, 6.07) is 18.7. The number of fused-ring (bicyclic) bond motifs is 3. The standard InChI is InChI=1S/C24H23N3O3S/c1-30-24(29)19(12-13-31-2)27-23(28)20-14-17-16-10-6-7-11-18(16)25-22(17)21(26-20)15-8-4-3-5-9-15/h3-11,14,19,25H,12-13H2,1-2H3,(H,27,28)/t19-/m0/s1. The maximum Gasteiger partial charge on any atom is 0.328 e. The molecule has 2 heterocycles. The Kier molecular flexibility index (Phi) is 6.23. The van der Waals surface area contributed by atoms with Crippen LogP contribution in [0.15, 0.2) is 60.7 Å². The molecule has 2 aromatic heterocycles. The van der Waals surface area contributed by atoms with E-state index in [2.05, 4.69) is 15.3 Å². The Hall–Kier alpha value is -3.32. The van der Waals surface area contributed by atoms with Crippen molar-refractivity contribution in [2.24, 2.45) is 0 Å². The summed E-state index contributed by atoms with van der Waals surface area (Å²) in [7, 11) is 1.32. The predicted molar refractivity (Wildman–Crippen MR) is 125 cm³/mol. The molecule has 0 aliphatic carbocycles. The number of amides is 1. The number of ether oxygens (including phenoxy) is 1. The highest BCUT2D eigenvalue weighted by molar-refractivity contribution is 7.98. The maximum absolute atomic E-state index is 13.1. The van der Waals surface area contributed by atoms with Gasteiger partial charge in [-0.3, -0.25) is 4.79 Å². The minimum atomic E-state index is -0.717. The Morgan fingerprint density at radius 1 is 1.10 bits per heavy atom. The van der Waals surface area contributed by atoms with Crippen molar-refractivity contribution < 1.29 is 14.3 Å². The van der Waals surface area contributed by atoms with Crippen molar-refractivity contribution in [3.8, 4) is 11.3 Å². The van der Waals surface area contributed by atoms with E-state index in [1.54, 1.807) is 17.8 Å². The molecule has 158 valence electrons. The lowest BCUT2D eigenvalue weighted by Crippen LogP contribution is -2.42. The molecule has 1 amide bonds. The van der Waals surface area contributed by atoms with Gasteiger partial charge in [-0.05, 0) is 30.6 Å². The monoisotopic (exact) mass is 433 g/mol. The number of carbonyl (C=O) groups is 2. The SMILES string of the molecule is COC(=O)[C@H](CCSC)NC(=O)c1cc2c([nH]c3ccccc32)c(-c2ccccc2)n1. The minimum Gasteiger partial charge on any atom is -0.467 e. The van der Waals surface area contributed by atoms with Crippen molar-refractivity contribution in [1.82, 2.24) is 15.3 Å². The maximum atomic E-state index is 13.1. The van der Waals surface area contributed by atoms with Crippen molar-refractivity contribution in [3.63, 3.8) is 0 Å². The number of nitrogens with zero attached hydrogens (tertiary/aromatic N) is 1. The van der Waals surface area contributed by atoms with Gasteiger partial charge in [-0.15, -0.1) is 0 Å². The first-order chi connectivity index (χ1) is 15.1. The van der Waals surface area contributed by atoms with E-state index in [9.17, 15) is 9.59 Å². The first-order valence-corrected chi connectivity index (χ1v) is 11.4. The first kappa shape index (κ1) is 20.9. The van der Waals surface area contributed by atoms with Crippen molar-refractivity contribution >= 4 is 45.4 Å². The van der Waals surface area contributed by atoms with Crippen LogP contribution in [-0.2, 0) is 9.53 Å². The van der Waals surface area contributed by atoms with Crippen molar-refractivity contribution in [3.05, 3.63) is 66.4 Å². The third kappa shape index (κ3) is 4.27. The van der Waals surface area contributed by atoms with Gasteiger partial charge in [0.2, 0.25) is 0 Å². The number of hydrogen-bond donors (Lipinski definition) is 2. The summed E-state index contributed by atoms with van der Waals surface area (Å²) in [5, 5.41) is 4.73. The van der Waals surface area contributed by atoms with Crippen LogP contribution in [0.1, 0.15) is 16.9 Å². The van der Waals surface area contributed by atoms with Gasteiger partial charge in [0.15, 0.2) is 0 Å². The fourth-order valence-corrected chi connectivity index (χ4v) is 4.10. The van der Waals surface area contributed by atoms with Gasteiger partial charge in [0, 0.05) is 21.9 Å². The summed E-state index contributed by atoms with van der Waals surface area (Å²) in [4.78, 5) is 33.4. The fraction of sp³-hybridized carbons (Fsp3) is 0.208. The smallest absolute Gasteiger partial charge is 0.328 e. The molecule has 0 fully saturated rings. The molecule has 6 nitrogen and oxygen atoms in total. The summed E-state index contributed by atoms with van der Waals surface area (Å²) < 4.78 is 4.87. The highest BCUT2D eigenvalue weighted by Crippen LogP contribution is 2.32. The van der Waals surface area contributed by atoms with E-state index >= 15 is 0 Å². The lowest BCUT2D eigenvalue weighted by Gasteiger charge is -2.16. The molecule has 4 rings (SSSR count). The van der Waals surface area contributed by atoms with Crippen LogP contribution < -0.4 is 5.32 Å². The number of carbonyl (C=O) groups excluding carboxylic acids is 2. The Labute approximate surface area is 184 Å². The van der Waals surface area contributed by atoms with Crippen LogP contribution in [-0.4, -0.2) is 47.0 Å². The molecule has 0 saturated heterocycles. The van der Waals surface area contributed by atoms with E-state index in [1.165, 1.54) is 7.11 Å². The Morgan fingerprint density at radius 3 is 2.58 bits per heavy atom. The number of nitrogens with one attached hydrogen (secondary N) is 2. The summed E-state index contributed by atoms with van der Waals surface area (Å²) in [6.45, 7) is 0. The topological polar surface area (TPSA) is 84.1 Å². The Morgan fingerprint density at radius 2 is 1.84 bits per heavy atom. The number of pyridine rings is 1.